The zero-order valence-corrected chi connectivity index (χ0v) is 12.9. The fourth-order valence-electron chi connectivity index (χ4n) is 2.04. The summed E-state index contributed by atoms with van der Waals surface area (Å²) >= 11 is 0. The molecule has 0 N–H and O–H groups in total. The maximum atomic E-state index is 12.1. The van der Waals surface area contributed by atoms with Gasteiger partial charge in [0.15, 0.2) is 0 Å². The van der Waals surface area contributed by atoms with Gasteiger partial charge in [-0.1, -0.05) is 58.8 Å². The van der Waals surface area contributed by atoms with Gasteiger partial charge in [-0.25, -0.2) is 0 Å². The van der Waals surface area contributed by atoms with E-state index in [1.807, 2.05) is 13.8 Å². The Labute approximate surface area is 108 Å². The monoisotopic (exact) mass is 262 g/mol. The summed E-state index contributed by atoms with van der Waals surface area (Å²) in [4.78, 5) is 0. The van der Waals surface area contributed by atoms with E-state index in [0.29, 0.717) is 12.8 Å². The third-order valence-electron chi connectivity index (χ3n) is 3.20. The van der Waals surface area contributed by atoms with Gasteiger partial charge in [-0.2, -0.15) is 0 Å². The molecular weight excluding hydrogens is 231 g/mol. The summed E-state index contributed by atoms with van der Waals surface area (Å²) in [6.45, 7) is 6.73. The van der Waals surface area contributed by atoms with Crippen molar-refractivity contribution in [2.45, 2.75) is 72.1 Å². The Bertz CT molecular complexity index is 204. The molecule has 17 heavy (non-hydrogen) atoms. The van der Waals surface area contributed by atoms with Crippen LogP contribution in [0, 0.1) is 0 Å². The topological polar surface area (TPSA) is 26.3 Å². The average molecular weight is 262 g/mol. The lowest BCUT2D eigenvalue weighted by Gasteiger charge is -2.15. The molecule has 0 aromatic heterocycles. The minimum Gasteiger partial charge on any atom is -0.329 e. The highest BCUT2D eigenvalue weighted by Crippen LogP contribution is 2.47. The summed E-state index contributed by atoms with van der Waals surface area (Å²) in [5, 5.41) is 0. The van der Waals surface area contributed by atoms with Crippen molar-refractivity contribution in [3.8, 4) is 0 Å². The predicted molar refractivity (Wildman–Crippen MR) is 77.3 cm³/mol. The van der Waals surface area contributed by atoms with Crippen LogP contribution in [0.1, 0.15) is 72.1 Å². The number of rotatable bonds is 12. The first-order valence-corrected chi connectivity index (χ1v) is 9.40. The van der Waals surface area contributed by atoms with Gasteiger partial charge in [0.1, 0.15) is 0 Å². The first-order chi connectivity index (χ1) is 8.18. The fourth-order valence-corrected chi connectivity index (χ4v) is 3.84. The molecule has 2 nitrogen and oxygen atoms in total. The maximum absolute atomic E-state index is 12.1. The van der Waals surface area contributed by atoms with Gasteiger partial charge in [0, 0.05) is 12.3 Å². The first kappa shape index (κ1) is 17.2. The number of hydrogen-bond donors (Lipinski definition) is 0. The smallest absolute Gasteiger partial charge is 0.202 e. The Morgan fingerprint density at radius 3 is 1.82 bits per heavy atom. The van der Waals surface area contributed by atoms with Gasteiger partial charge < -0.3 is 4.52 Å². The average Bonchev–Trinajstić information content (AvgIpc) is 2.33. The van der Waals surface area contributed by atoms with Gasteiger partial charge >= 0.3 is 0 Å². The molecule has 0 saturated carbocycles. The molecule has 0 saturated heterocycles. The van der Waals surface area contributed by atoms with E-state index in [-0.39, 0.29) is 0 Å². The van der Waals surface area contributed by atoms with Crippen molar-refractivity contribution in [3.63, 3.8) is 0 Å². The van der Waals surface area contributed by atoms with Gasteiger partial charge in [-0.15, -0.1) is 0 Å². The van der Waals surface area contributed by atoms with Crippen molar-refractivity contribution in [2.24, 2.45) is 0 Å². The van der Waals surface area contributed by atoms with E-state index in [4.69, 9.17) is 4.52 Å². The molecule has 0 amide bonds. The standard InChI is InChI=1S/C14H31O2P/c1-4-7-8-9-10-11-12-13-14-17(15,6-3)16-5-2/h4-14H2,1-3H3. The lowest BCUT2D eigenvalue weighted by atomic mass is 10.1. The zero-order valence-electron chi connectivity index (χ0n) is 12.0. The van der Waals surface area contributed by atoms with Crippen LogP contribution in [0.4, 0.5) is 0 Å². The number of hydrogen-bond acceptors (Lipinski definition) is 2. The summed E-state index contributed by atoms with van der Waals surface area (Å²) in [6.07, 6.45) is 11.8. The second-order valence-electron chi connectivity index (χ2n) is 4.75. The molecule has 104 valence electrons. The molecule has 0 aromatic rings. The summed E-state index contributed by atoms with van der Waals surface area (Å²) in [5.41, 5.74) is 0. The van der Waals surface area contributed by atoms with Crippen molar-refractivity contribution >= 4 is 7.37 Å². The van der Waals surface area contributed by atoms with E-state index in [2.05, 4.69) is 6.92 Å². The van der Waals surface area contributed by atoms with Crippen molar-refractivity contribution in [2.75, 3.05) is 18.9 Å². The van der Waals surface area contributed by atoms with Crippen LogP contribution in [0.25, 0.3) is 0 Å². The van der Waals surface area contributed by atoms with Crippen LogP contribution in [0.5, 0.6) is 0 Å². The number of unbranched alkanes of at least 4 members (excludes halogenated alkanes) is 7. The fraction of sp³-hybridized carbons (Fsp3) is 1.00. The van der Waals surface area contributed by atoms with Crippen molar-refractivity contribution in [1.82, 2.24) is 0 Å². The second kappa shape index (κ2) is 11.3. The molecule has 1 unspecified atom stereocenters. The molecule has 0 aliphatic carbocycles. The van der Waals surface area contributed by atoms with Crippen LogP contribution in [-0.2, 0) is 9.09 Å². The minimum absolute atomic E-state index is 0.585. The Morgan fingerprint density at radius 1 is 0.824 bits per heavy atom. The van der Waals surface area contributed by atoms with E-state index in [1.54, 1.807) is 0 Å². The molecule has 0 bridgehead atoms. The van der Waals surface area contributed by atoms with E-state index < -0.39 is 7.37 Å². The van der Waals surface area contributed by atoms with Crippen LogP contribution in [0.2, 0.25) is 0 Å². The van der Waals surface area contributed by atoms with Crippen LogP contribution in [0.15, 0.2) is 0 Å². The van der Waals surface area contributed by atoms with E-state index in [1.165, 1.54) is 44.9 Å². The summed E-state index contributed by atoms with van der Waals surface area (Å²) in [7, 11) is -2.27. The van der Waals surface area contributed by atoms with Crippen molar-refractivity contribution in [1.29, 1.82) is 0 Å². The molecule has 3 heteroatoms. The molecule has 0 spiro atoms. The van der Waals surface area contributed by atoms with Gasteiger partial charge in [-0.3, -0.25) is 4.57 Å². The van der Waals surface area contributed by atoms with Gasteiger partial charge in [-0.05, 0) is 13.3 Å². The third kappa shape index (κ3) is 9.85. The zero-order chi connectivity index (χ0) is 13.0. The summed E-state index contributed by atoms with van der Waals surface area (Å²) in [6, 6.07) is 0. The Morgan fingerprint density at radius 2 is 1.35 bits per heavy atom. The highest BCUT2D eigenvalue weighted by atomic mass is 31.2. The van der Waals surface area contributed by atoms with Crippen molar-refractivity contribution in [3.05, 3.63) is 0 Å². The Kier molecular flexibility index (Phi) is 11.4. The molecule has 0 aliphatic rings. The second-order valence-corrected chi connectivity index (χ2v) is 7.71. The Hall–Kier alpha value is 0.190. The van der Waals surface area contributed by atoms with Crippen LogP contribution < -0.4 is 0 Å². The molecule has 0 fully saturated rings. The van der Waals surface area contributed by atoms with E-state index in [9.17, 15) is 4.57 Å². The van der Waals surface area contributed by atoms with Crippen molar-refractivity contribution < 1.29 is 9.09 Å². The molecule has 0 heterocycles. The highest BCUT2D eigenvalue weighted by molar-refractivity contribution is 7.58. The van der Waals surface area contributed by atoms with Crippen LogP contribution >= 0.6 is 7.37 Å². The molecule has 0 rings (SSSR count). The largest absolute Gasteiger partial charge is 0.329 e. The predicted octanol–water partition coefficient (Wildman–Crippen LogP) is 5.46. The molecule has 0 aliphatic heterocycles. The third-order valence-corrected chi connectivity index (χ3v) is 5.89. The minimum atomic E-state index is -2.27. The van der Waals surface area contributed by atoms with Crippen LogP contribution in [-0.4, -0.2) is 18.9 Å². The highest BCUT2D eigenvalue weighted by Gasteiger charge is 2.18. The SMILES string of the molecule is CCCCCCCCCCP(=O)(CC)OCC. The molecule has 1 atom stereocenters. The van der Waals surface area contributed by atoms with E-state index in [0.717, 1.165) is 12.6 Å². The van der Waals surface area contributed by atoms with E-state index >= 15 is 0 Å². The van der Waals surface area contributed by atoms with Gasteiger partial charge in [0.05, 0.1) is 6.61 Å². The summed E-state index contributed by atoms with van der Waals surface area (Å²) < 4.78 is 17.5. The lowest BCUT2D eigenvalue weighted by Crippen LogP contribution is -1.98. The molecular formula is C14H31O2P. The summed E-state index contributed by atoms with van der Waals surface area (Å²) in [5.74, 6) is 0. The molecule has 0 radical (unpaired) electrons. The quantitative estimate of drug-likeness (QED) is 0.345. The Balaban J connectivity index is 3.40. The molecule has 0 aromatic carbocycles. The van der Waals surface area contributed by atoms with Crippen LogP contribution in [0.3, 0.4) is 0 Å². The lowest BCUT2D eigenvalue weighted by molar-refractivity contribution is 0.332. The first-order valence-electron chi connectivity index (χ1n) is 7.41. The van der Waals surface area contributed by atoms with Gasteiger partial charge in [0.2, 0.25) is 7.37 Å². The maximum Gasteiger partial charge on any atom is 0.202 e. The van der Waals surface area contributed by atoms with Gasteiger partial charge in [0.25, 0.3) is 0 Å². The normalized spacial score (nSPS) is 14.8.